The smallest absolute Gasteiger partial charge is 0.226 e. The number of carbonyl (C=O) groups excluding carboxylic acids is 2. The standard InChI is InChI=1S/C28H36FN3O2/c1-19-9-10-23(16-30-19)27(33)15-24-13-26(29)14-25(21(24)3)18-31-11-12-32(20(2)17-31)28(34)22-7-5-4-6-8-22/h9-10,13-14,16,20,22H,4-8,11-12,15,17-18H2,1-3H3/t20-/m0/s1. The highest BCUT2D eigenvalue weighted by Gasteiger charge is 2.32. The van der Waals surface area contributed by atoms with Crippen LogP contribution in [0.4, 0.5) is 4.39 Å². The number of rotatable bonds is 6. The molecule has 0 bridgehead atoms. The summed E-state index contributed by atoms with van der Waals surface area (Å²) in [5.74, 6) is 0.137. The summed E-state index contributed by atoms with van der Waals surface area (Å²) in [6.45, 7) is 8.86. The number of aromatic nitrogens is 1. The predicted molar refractivity (Wildman–Crippen MR) is 131 cm³/mol. The van der Waals surface area contributed by atoms with E-state index in [1.807, 2.05) is 19.9 Å². The first-order valence-electron chi connectivity index (χ1n) is 12.6. The molecule has 1 saturated carbocycles. The van der Waals surface area contributed by atoms with E-state index in [9.17, 15) is 14.0 Å². The zero-order valence-corrected chi connectivity index (χ0v) is 20.6. The average Bonchev–Trinajstić information content (AvgIpc) is 2.82. The van der Waals surface area contributed by atoms with E-state index in [1.54, 1.807) is 18.3 Å². The first-order valence-corrected chi connectivity index (χ1v) is 12.6. The number of amides is 1. The number of ketones is 1. The van der Waals surface area contributed by atoms with Gasteiger partial charge in [0.2, 0.25) is 5.91 Å². The van der Waals surface area contributed by atoms with E-state index in [-0.39, 0.29) is 30.0 Å². The number of Topliss-reactive ketones (excluding diaryl/α,β-unsaturated/α-hetero) is 1. The minimum absolute atomic E-state index is 0.0596. The summed E-state index contributed by atoms with van der Waals surface area (Å²) in [4.78, 5) is 34.3. The third-order valence-electron chi connectivity index (χ3n) is 7.51. The molecule has 182 valence electrons. The Morgan fingerprint density at radius 2 is 1.79 bits per heavy atom. The van der Waals surface area contributed by atoms with Crippen LogP contribution in [0.15, 0.2) is 30.5 Å². The normalized spacial score (nSPS) is 19.9. The van der Waals surface area contributed by atoms with Crippen LogP contribution in [0.5, 0.6) is 0 Å². The molecule has 1 saturated heterocycles. The Morgan fingerprint density at radius 1 is 1.06 bits per heavy atom. The first kappa shape index (κ1) is 24.5. The number of carbonyl (C=O) groups is 2. The van der Waals surface area contributed by atoms with Gasteiger partial charge in [-0.15, -0.1) is 0 Å². The summed E-state index contributed by atoms with van der Waals surface area (Å²) >= 11 is 0. The van der Waals surface area contributed by atoms with Crippen molar-refractivity contribution in [2.24, 2.45) is 5.92 Å². The van der Waals surface area contributed by atoms with Crippen LogP contribution in [0.2, 0.25) is 0 Å². The van der Waals surface area contributed by atoms with E-state index in [2.05, 4.69) is 21.7 Å². The molecular formula is C28H36FN3O2. The Labute approximate surface area is 202 Å². The van der Waals surface area contributed by atoms with Gasteiger partial charge in [-0.1, -0.05) is 19.3 Å². The molecular weight excluding hydrogens is 429 g/mol. The summed E-state index contributed by atoms with van der Waals surface area (Å²) in [5.41, 5.74) is 3.99. The quantitative estimate of drug-likeness (QED) is 0.571. The van der Waals surface area contributed by atoms with Crippen molar-refractivity contribution in [3.05, 3.63) is 64.2 Å². The molecule has 2 heterocycles. The van der Waals surface area contributed by atoms with Crippen LogP contribution in [0.1, 0.15) is 71.8 Å². The Bertz CT molecular complexity index is 1030. The lowest BCUT2D eigenvalue weighted by Crippen LogP contribution is -2.55. The molecule has 1 atom stereocenters. The zero-order valence-electron chi connectivity index (χ0n) is 20.6. The number of piperazine rings is 1. The van der Waals surface area contributed by atoms with Gasteiger partial charge in [0.05, 0.1) is 0 Å². The van der Waals surface area contributed by atoms with Crippen molar-refractivity contribution >= 4 is 11.7 Å². The third-order valence-corrected chi connectivity index (χ3v) is 7.51. The maximum absolute atomic E-state index is 14.5. The van der Waals surface area contributed by atoms with Crippen molar-refractivity contribution in [3.63, 3.8) is 0 Å². The highest BCUT2D eigenvalue weighted by atomic mass is 19.1. The summed E-state index contributed by atoms with van der Waals surface area (Å²) in [5, 5.41) is 0. The second-order valence-corrected chi connectivity index (χ2v) is 10.1. The second kappa shape index (κ2) is 10.8. The van der Waals surface area contributed by atoms with Crippen LogP contribution in [0, 0.1) is 25.6 Å². The van der Waals surface area contributed by atoms with Crippen LogP contribution in [0.3, 0.4) is 0 Å². The molecule has 2 aromatic rings. The molecule has 0 N–H and O–H groups in total. The van der Waals surface area contributed by atoms with Gasteiger partial charge in [-0.25, -0.2) is 4.39 Å². The largest absolute Gasteiger partial charge is 0.337 e. The fourth-order valence-corrected chi connectivity index (χ4v) is 5.38. The topological polar surface area (TPSA) is 53.5 Å². The molecule has 0 radical (unpaired) electrons. The molecule has 2 aliphatic rings. The monoisotopic (exact) mass is 465 g/mol. The van der Waals surface area contributed by atoms with E-state index in [4.69, 9.17) is 0 Å². The molecule has 1 aliphatic carbocycles. The molecule has 34 heavy (non-hydrogen) atoms. The Morgan fingerprint density at radius 3 is 2.47 bits per heavy atom. The maximum Gasteiger partial charge on any atom is 0.226 e. The molecule has 0 unspecified atom stereocenters. The fourth-order valence-electron chi connectivity index (χ4n) is 5.38. The Hall–Kier alpha value is -2.60. The maximum atomic E-state index is 14.5. The van der Waals surface area contributed by atoms with Gasteiger partial charge in [0, 0.05) is 62.0 Å². The lowest BCUT2D eigenvalue weighted by molar-refractivity contribution is -0.141. The number of nitrogens with zero attached hydrogens (tertiary/aromatic N) is 3. The van der Waals surface area contributed by atoms with Gasteiger partial charge in [0.25, 0.3) is 0 Å². The molecule has 4 rings (SSSR count). The first-order chi connectivity index (χ1) is 16.3. The van der Waals surface area contributed by atoms with Crippen LogP contribution in [0.25, 0.3) is 0 Å². The molecule has 1 aromatic carbocycles. The molecule has 1 amide bonds. The molecule has 1 aliphatic heterocycles. The van der Waals surface area contributed by atoms with Crippen LogP contribution < -0.4 is 0 Å². The molecule has 2 fully saturated rings. The third kappa shape index (κ3) is 5.72. The summed E-state index contributed by atoms with van der Waals surface area (Å²) in [6.07, 6.45) is 7.35. The summed E-state index contributed by atoms with van der Waals surface area (Å²) < 4.78 is 14.5. The van der Waals surface area contributed by atoms with E-state index < -0.39 is 0 Å². The van der Waals surface area contributed by atoms with E-state index >= 15 is 0 Å². The highest BCUT2D eigenvalue weighted by Crippen LogP contribution is 2.28. The number of benzene rings is 1. The SMILES string of the molecule is Cc1ccc(C(=O)Cc2cc(F)cc(CN3CCN(C(=O)C4CCCCC4)[C@@H](C)C3)c2C)cn1. The Kier molecular flexibility index (Phi) is 7.77. The van der Waals surface area contributed by atoms with Crippen molar-refractivity contribution in [1.82, 2.24) is 14.8 Å². The zero-order chi connectivity index (χ0) is 24.2. The lowest BCUT2D eigenvalue weighted by Gasteiger charge is -2.42. The van der Waals surface area contributed by atoms with Crippen LogP contribution in [-0.2, 0) is 17.8 Å². The fraction of sp³-hybridized carbons (Fsp3) is 0.536. The number of hydrogen-bond donors (Lipinski definition) is 0. The van der Waals surface area contributed by atoms with Crippen molar-refractivity contribution in [2.45, 2.75) is 71.9 Å². The minimum atomic E-state index is -0.315. The second-order valence-electron chi connectivity index (χ2n) is 10.1. The molecule has 0 spiro atoms. The van der Waals surface area contributed by atoms with Gasteiger partial charge in [0.1, 0.15) is 5.82 Å². The Balaban J connectivity index is 1.41. The lowest BCUT2D eigenvalue weighted by atomic mass is 9.87. The number of halogens is 1. The molecule has 6 heteroatoms. The number of hydrogen-bond acceptors (Lipinski definition) is 4. The van der Waals surface area contributed by atoms with E-state index in [1.165, 1.54) is 12.5 Å². The highest BCUT2D eigenvalue weighted by molar-refractivity contribution is 5.97. The molecule has 1 aromatic heterocycles. The predicted octanol–water partition coefficient (Wildman–Crippen LogP) is 4.88. The van der Waals surface area contributed by atoms with Crippen LogP contribution in [-0.4, -0.2) is 52.2 Å². The van der Waals surface area contributed by atoms with Gasteiger partial charge < -0.3 is 4.90 Å². The van der Waals surface area contributed by atoms with Gasteiger partial charge in [-0.05, 0) is 74.6 Å². The summed E-state index contributed by atoms with van der Waals surface area (Å²) in [6, 6.07) is 6.79. The van der Waals surface area contributed by atoms with Gasteiger partial charge in [0.15, 0.2) is 5.78 Å². The van der Waals surface area contributed by atoms with E-state index in [0.29, 0.717) is 18.0 Å². The summed E-state index contributed by atoms with van der Waals surface area (Å²) in [7, 11) is 0. The number of pyridine rings is 1. The average molecular weight is 466 g/mol. The van der Waals surface area contributed by atoms with Gasteiger partial charge in [-0.3, -0.25) is 19.5 Å². The van der Waals surface area contributed by atoms with E-state index in [0.717, 1.165) is 67.7 Å². The van der Waals surface area contributed by atoms with Crippen molar-refractivity contribution in [1.29, 1.82) is 0 Å². The van der Waals surface area contributed by atoms with Crippen molar-refractivity contribution in [2.75, 3.05) is 19.6 Å². The van der Waals surface area contributed by atoms with Crippen molar-refractivity contribution < 1.29 is 14.0 Å². The van der Waals surface area contributed by atoms with Gasteiger partial charge >= 0.3 is 0 Å². The molecule has 5 nitrogen and oxygen atoms in total. The number of aryl methyl sites for hydroxylation is 1. The minimum Gasteiger partial charge on any atom is -0.337 e. The van der Waals surface area contributed by atoms with Crippen LogP contribution >= 0.6 is 0 Å². The van der Waals surface area contributed by atoms with Gasteiger partial charge in [-0.2, -0.15) is 0 Å². The van der Waals surface area contributed by atoms with Crippen molar-refractivity contribution in [3.8, 4) is 0 Å².